The first kappa shape index (κ1) is 12.0. The van der Waals surface area contributed by atoms with Crippen molar-refractivity contribution in [2.45, 2.75) is 32.6 Å². The van der Waals surface area contributed by atoms with Crippen LogP contribution in [-0.4, -0.2) is 17.6 Å². The number of aryl methyl sites for hydroxylation is 1. The summed E-state index contributed by atoms with van der Waals surface area (Å²) in [6, 6.07) is 1.78. The van der Waals surface area contributed by atoms with Gasteiger partial charge in [-0.05, 0) is 32.8 Å². The standard InChI is InChI=1S/C14H15NO4/c1-3-17-14(16)12-11(9-4-5-9)15-13(19-12)10-6-7-18-8(10)2/h6-7,9H,3-5H2,1-2H3. The molecule has 0 N–H and O–H groups in total. The predicted octanol–water partition coefficient (Wildman–Crippen LogP) is 3.30. The lowest BCUT2D eigenvalue weighted by molar-refractivity contribution is 0.0489. The Morgan fingerprint density at radius 1 is 1.53 bits per heavy atom. The third-order valence-electron chi connectivity index (χ3n) is 3.17. The molecule has 0 atom stereocenters. The lowest BCUT2D eigenvalue weighted by Gasteiger charge is -1.98. The molecule has 5 nitrogen and oxygen atoms in total. The van der Waals surface area contributed by atoms with Gasteiger partial charge in [-0.3, -0.25) is 0 Å². The van der Waals surface area contributed by atoms with Gasteiger partial charge in [0, 0.05) is 5.92 Å². The van der Waals surface area contributed by atoms with E-state index in [0.717, 1.165) is 24.2 Å². The molecule has 0 unspecified atom stereocenters. The zero-order chi connectivity index (χ0) is 13.4. The van der Waals surface area contributed by atoms with Crippen LogP contribution in [0.2, 0.25) is 0 Å². The predicted molar refractivity (Wildman–Crippen MR) is 66.9 cm³/mol. The maximum atomic E-state index is 11.9. The van der Waals surface area contributed by atoms with E-state index in [2.05, 4.69) is 4.98 Å². The van der Waals surface area contributed by atoms with Crippen LogP contribution in [0.15, 0.2) is 21.2 Å². The summed E-state index contributed by atoms with van der Waals surface area (Å²) in [7, 11) is 0. The first-order valence-corrected chi connectivity index (χ1v) is 6.43. The van der Waals surface area contributed by atoms with Crippen molar-refractivity contribution < 1.29 is 18.4 Å². The zero-order valence-electron chi connectivity index (χ0n) is 10.9. The highest BCUT2D eigenvalue weighted by Crippen LogP contribution is 2.42. The van der Waals surface area contributed by atoms with E-state index in [9.17, 15) is 4.79 Å². The molecule has 100 valence electrons. The van der Waals surface area contributed by atoms with Crippen molar-refractivity contribution >= 4 is 5.97 Å². The van der Waals surface area contributed by atoms with Gasteiger partial charge < -0.3 is 13.6 Å². The number of aromatic nitrogens is 1. The SMILES string of the molecule is CCOC(=O)c1oc(-c2ccoc2C)nc1C1CC1. The van der Waals surface area contributed by atoms with Crippen molar-refractivity contribution in [2.75, 3.05) is 6.61 Å². The van der Waals surface area contributed by atoms with Gasteiger partial charge in [0.05, 0.1) is 24.1 Å². The molecule has 19 heavy (non-hydrogen) atoms. The Morgan fingerprint density at radius 3 is 2.89 bits per heavy atom. The van der Waals surface area contributed by atoms with Gasteiger partial charge in [0.2, 0.25) is 11.7 Å². The van der Waals surface area contributed by atoms with E-state index in [1.807, 2.05) is 6.92 Å². The number of nitrogens with zero attached hydrogens (tertiary/aromatic N) is 1. The molecule has 2 aromatic rings. The van der Waals surface area contributed by atoms with Crippen LogP contribution in [0, 0.1) is 6.92 Å². The Kier molecular flexibility index (Phi) is 2.89. The van der Waals surface area contributed by atoms with Crippen molar-refractivity contribution in [3.8, 4) is 11.5 Å². The molecular formula is C14H15NO4. The summed E-state index contributed by atoms with van der Waals surface area (Å²) in [5, 5.41) is 0. The van der Waals surface area contributed by atoms with Crippen LogP contribution >= 0.6 is 0 Å². The normalized spacial score (nSPS) is 14.6. The van der Waals surface area contributed by atoms with E-state index in [-0.39, 0.29) is 5.76 Å². The quantitative estimate of drug-likeness (QED) is 0.790. The zero-order valence-corrected chi connectivity index (χ0v) is 10.9. The molecule has 5 heteroatoms. The first-order chi connectivity index (χ1) is 9.20. The minimum Gasteiger partial charge on any atom is -0.469 e. The van der Waals surface area contributed by atoms with Crippen molar-refractivity contribution in [2.24, 2.45) is 0 Å². The first-order valence-electron chi connectivity index (χ1n) is 6.43. The van der Waals surface area contributed by atoms with Gasteiger partial charge in [0.15, 0.2) is 0 Å². The number of oxazole rings is 1. The highest BCUT2D eigenvalue weighted by atomic mass is 16.5. The summed E-state index contributed by atoms with van der Waals surface area (Å²) >= 11 is 0. The number of furan rings is 1. The summed E-state index contributed by atoms with van der Waals surface area (Å²) in [5.74, 6) is 1.27. The third-order valence-corrected chi connectivity index (χ3v) is 3.17. The van der Waals surface area contributed by atoms with E-state index in [1.165, 1.54) is 0 Å². The summed E-state index contributed by atoms with van der Waals surface area (Å²) in [5.41, 5.74) is 1.49. The van der Waals surface area contributed by atoms with Gasteiger partial charge in [0.25, 0.3) is 0 Å². The maximum absolute atomic E-state index is 11.9. The Balaban J connectivity index is 2.01. The molecule has 0 bridgehead atoms. The second-order valence-electron chi connectivity index (χ2n) is 4.62. The lowest BCUT2D eigenvalue weighted by Crippen LogP contribution is -2.05. The monoisotopic (exact) mass is 261 g/mol. The molecule has 3 rings (SSSR count). The maximum Gasteiger partial charge on any atom is 0.376 e. The number of hydrogen-bond acceptors (Lipinski definition) is 5. The smallest absolute Gasteiger partial charge is 0.376 e. The van der Waals surface area contributed by atoms with Gasteiger partial charge in [-0.1, -0.05) is 0 Å². The number of carbonyl (C=O) groups excluding carboxylic acids is 1. The second-order valence-corrected chi connectivity index (χ2v) is 4.62. The molecule has 0 aromatic carbocycles. The van der Waals surface area contributed by atoms with Crippen LogP contribution in [0.1, 0.15) is 47.7 Å². The molecule has 0 saturated heterocycles. The highest BCUT2D eigenvalue weighted by molar-refractivity contribution is 5.88. The minimum absolute atomic E-state index is 0.236. The Hall–Kier alpha value is -2.04. The summed E-state index contributed by atoms with van der Waals surface area (Å²) in [6.07, 6.45) is 3.67. The van der Waals surface area contributed by atoms with E-state index in [0.29, 0.717) is 24.1 Å². The van der Waals surface area contributed by atoms with E-state index in [1.54, 1.807) is 19.3 Å². The molecule has 0 amide bonds. The van der Waals surface area contributed by atoms with E-state index >= 15 is 0 Å². The van der Waals surface area contributed by atoms with Gasteiger partial charge in [-0.25, -0.2) is 9.78 Å². The summed E-state index contributed by atoms with van der Waals surface area (Å²) in [6.45, 7) is 3.93. The summed E-state index contributed by atoms with van der Waals surface area (Å²) in [4.78, 5) is 16.3. The Bertz CT molecular complexity index is 607. The number of rotatable bonds is 4. The fourth-order valence-electron chi connectivity index (χ4n) is 2.03. The third kappa shape index (κ3) is 2.16. The highest BCUT2D eigenvalue weighted by Gasteiger charge is 2.34. The van der Waals surface area contributed by atoms with Crippen molar-refractivity contribution in [1.82, 2.24) is 4.98 Å². The molecule has 0 spiro atoms. The van der Waals surface area contributed by atoms with E-state index in [4.69, 9.17) is 13.6 Å². The fourth-order valence-corrected chi connectivity index (χ4v) is 2.03. The molecule has 1 saturated carbocycles. The molecule has 0 radical (unpaired) electrons. The topological polar surface area (TPSA) is 65.5 Å². The van der Waals surface area contributed by atoms with Crippen molar-refractivity contribution in [3.63, 3.8) is 0 Å². The largest absolute Gasteiger partial charge is 0.469 e. The molecule has 0 aliphatic heterocycles. The van der Waals surface area contributed by atoms with Crippen LogP contribution in [0.25, 0.3) is 11.5 Å². The average molecular weight is 261 g/mol. The average Bonchev–Trinajstić information content (AvgIpc) is 2.99. The Labute approximate surface area is 110 Å². The minimum atomic E-state index is -0.440. The van der Waals surface area contributed by atoms with Crippen molar-refractivity contribution in [3.05, 3.63) is 29.5 Å². The van der Waals surface area contributed by atoms with Gasteiger partial charge in [0.1, 0.15) is 5.76 Å². The number of carbonyl (C=O) groups is 1. The second kappa shape index (κ2) is 4.57. The van der Waals surface area contributed by atoms with Gasteiger partial charge >= 0.3 is 5.97 Å². The summed E-state index contributed by atoms with van der Waals surface area (Å²) < 4.78 is 15.9. The van der Waals surface area contributed by atoms with Crippen LogP contribution in [0.3, 0.4) is 0 Å². The van der Waals surface area contributed by atoms with Crippen LogP contribution in [0.5, 0.6) is 0 Å². The van der Waals surface area contributed by atoms with Crippen molar-refractivity contribution in [1.29, 1.82) is 0 Å². The number of esters is 1. The van der Waals surface area contributed by atoms with Gasteiger partial charge in [-0.15, -0.1) is 0 Å². The molecule has 2 aromatic heterocycles. The Morgan fingerprint density at radius 2 is 2.32 bits per heavy atom. The number of hydrogen-bond donors (Lipinski definition) is 0. The van der Waals surface area contributed by atoms with Gasteiger partial charge in [-0.2, -0.15) is 0 Å². The van der Waals surface area contributed by atoms with Crippen LogP contribution < -0.4 is 0 Å². The van der Waals surface area contributed by atoms with Crippen LogP contribution in [-0.2, 0) is 4.74 Å². The molecule has 2 heterocycles. The lowest BCUT2D eigenvalue weighted by atomic mass is 10.2. The molecule has 1 aliphatic rings. The molecular weight excluding hydrogens is 246 g/mol. The fraction of sp³-hybridized carbons (Fsp3) is 0.429. The van der Waals surface area contributed by atoms with E-state index < -0.39 is 5.97 Å². The van der Waals surface area contributed by atoms with Crippen LogP contribution in [0.4, 0.5) is 0 Å². The number of ether oxygens (including phenoxy) is 1. The molecule has 1 aliphatic carbocycles. The molecule has 1 fully saturated rings.